The number of amides is 2. The fraction of sp³-hybridized carbons (Fsp3) is 0.316. The van der Waals surface area contributed by atoms with Crippen LogP contribution in [0.25, 0.3) is 0 Å². The molecule has 2 aliphatic heterocycles. The minimum atomic E-state index is -0.604. The number of carbonyl (C=O) groups excluding carboxylic acids is 2. The van der Waals surface area contributed by atoms with E-state index in [9.17, 15) is 14.0 Å². The molecule has 26 heavy (non-hydrogen) atoms. The summed E-state index contributed by atoms with van der Waals surface area (Å²) < 4.78 is 18.7. The summed E-state index contributed by atoms with van der Waals surface area (Å²) in [6, 6.07) is 11.0. The van der Waals surface area contributed by atoms with Gasteiger partial charge in [-0.15, -0.1) is 0 Å². The highest BCUT2D eigenvalue weighted by atomic mass is 19.1. The first-order valence-corrected chi connectivity index (χ1v) is 8.46. The summed E-state index contributed by atoms with van der Waals surface area (Å²) >= 11 is 0. The molecule has 4 rings (SSSR count). The van der Waals surface area contributed by atoms with E-state index in [4.69, 9.17) is 4.74 Å². The van der Waals surface area contributed by atoms with Gasteiger partial charge < -0.3 is 9.64 Å². The van der Waals surface area contributed by atoms with E-state index < -0.39 is 11.4 Å². The second-order valence-electron chi connectivity index (χ2n) is 6.71. The topological polar surface area (TPSA) is 62.7 Å². The number of rotatable bonds is 3. The predicted molar refractivity (Wildman–Crippen MR) is 91.0 cm³/mol. The molecule has 7 heteroatoms. The molecule has 0 aliphatic carbocycles. The molecule has 6 nitrogen and oxygen atoms in total. The summed E-state index contributed by atoms with van der Waals surface area (Å²) in [5, 5.41) is 0. The quantitative estimate of drug-likeness (QED) is 0.846. The van der Waals surface area contributed by atoms with E-state index in [0.29, 0.717) is 26.1 Å². The molecule has 0 spiro atoms. The van der Waals surface area contributed by atoms with Gasteiger partial charge in [0.1, 0.15) is 18.0 Å². The predicted octanol–water partition coefficient (Wildman–Crippen LogP) is 2.11. The van der Waals surface area contributed by atoms with Crippen LogP contribution in [0.15, 0.2) is 48.8 Å². The van der Waals surface area contributed by atoms with Gasteiger partial charge in [-0.05, 0) is 11.6 Å². The Morgan fingerprint density at radius 3 is 2.81 bits per heavy atom. The molecule has 1 aromatic heterocycles. The normalized spacial score (nSPS) is 22.1. The van der Waals surface area contributed by atoms with Crippen LogP contribution >= 0.6 is 0 Å². The van der Waals surface area contributed by atoms with Gasteiger partial charge in [0.05, 0.1) is 11.8 Å². The summed E-state index contributed by atoms with van der Waals surface area (Å²) in [6.45, 7) is 1.33. The molecule has 0 bridgehead atoms. The molecule has 2 aromatic rings. The summed E-state index contributed by atoms with van der Waals surface area (Å²) in [6.07, 6.45) is 2.66. The molecule has 0 radical (unpaired) electrons. The second-order valence-corrected chi connectivity index (χ2v) is 6.71. The molecule has 3 heterocycles. The number of aromatic nitrogens is 1. The number of carbonyl (C=O) groups is 2. The lowest BCUT2D eigenvalue weighted by Crippen LogP contribution is -2.63. The van der Waals surface area contributed by atoms with Gasteiger partial charge in [0.25, 0.3) is 5.91 Å². The lowest BCUT2D eigenvalue weighted by Gasteiger charge is -2.44. The van der Waals surface area contributed by atoms with Crippen molar-refractivity contribution >= 4 is 12.0 Å². The number of cyclic esters (lactones) is 1. The summed E-state index contributed by atoms with van der Waals surface area (Å²) in [5.41, 5.74) is 0.670. The largest absolute Gasteiger partial charge is 0.447 e. The number of piperazine rings is 1. The Hall–Kier alpha value is -2.96. The van der Waals surface area contributed by atoms with E-state index in [0.717, 1.165) is 11.8 Å². The maximum atomic E-state index is 13.4. The first-order chi connectivity index (χ1) is 12.6. The Kier molecular flexibility index (Phi) is 4.06. The zero-order valence-corrected chi connectivity index (χ0v) is 14.1. The number of fused-ring (bicyclic) bond motifs is 1. The third-order valence-electron chi connectivity index (χ3n) is 4.95. The van der Waals surface area contributed by atoms with Crippen LogP contribution in [-0.2, 0) is 11.2 Å². The Balaban J connectivity index is 1.61. The minimum Gasteiger partial charge on any atom is -0.447 e. The molecule has 2 aliphatic rings. The van der Waals surface area contributed by atoms with Crippen molar-refractivity contribution in [3.05, 3.63) is 65.7 Å². The number of nitrogens with zero attached hydrogens (tertiary/aromatic N) is 3. The molecular formula is C19H18FN3O3. The monoisotopic (exact) mass is 355 g/mol. The average Bonchev–Trinajstić information content (AvgIpc) is 2.98. The van der Waals surface area contributed by atoms with Crippen molar-refractivity contribution in [1.29, 1.82) is 0 Å². The van der Waals surface area contributed by atoms with Gasteiger partial charge in [0, 0.05) is 32.3 Å². The van der Waals surface area contributed by atoms with Gasteiger partial charge in [0.15, 0.2) is 0 Å². The summed E-state index contributed by atoms with van der Waals surface area (Å²) in [4.78, 5) is 32.0. The molecule has 1 unspecified atom stereocenters. The summed E-state index contributed by atoms with van der Waals surface area (Å²) in [7, 11) is 0. The highest BCUT2D eigenvalue weighted by Gasteiger charge is 2.51. The summed E-state index contributed by atoms with van der Waals surface area (Å²) in [5.74, 6) is -0.837. The van der Waals surface area contributed by atoms with Crippen molar-refractivity contribution in [3.63, 3.8) is 0 Å². The number of halogens is 1. The first-order valence-electron chi connectivity index (χ1n) is 8.46. The van der Waals surface area contributed by atoms with E-state index in [1.54, 1.807) is 9.80 Å². The Morgan fingerprint density at radius 2 is 2.04 bits per heavy atom. The van der Waals surface area contributed by atoms with Crippen molar-refractivity contribution in [2.45, 2.75) is 12.0 Å². The fourth-order valence-corrected chi connectivity index (χ4v) is 3.72. The Bertz CT molecular complexity index is 845. The maximum absolute atomic E-state index is 13.4. The second kappa shape index (κ2) is 6.40. The first kappa shape index (κ1) is 16.5. The average molecular weight is 355 g/mol. The van der Waals surface area contributed by atoms with Gasteiger partial charge in [0.2, 0.25) is 0 Å². The van der Waals surface area contributed by atoms with Crippen molar-refractivity contribution in [1.82, 2.24) is 14.8 Å². The van der Waals surface area contributed by atoms with Crippen molar-refractivity contribution < 1.29 is 18.7 Å². The molecule has 134 valence electrons. The van der Waals surface area contributed by atoms with Crippen molar-refractivity contribution in [3.8, 4) is 0 Å². The smallest absolute Gasteiger partial charge is 0.410 e. The van der Waals surface area contributed by atoms with Crippen LogP contribution in [-0.4, -0.2) is 58.6 Å². The SMILES string of the molecule is O=C(c1cncc(F)c1)N1CCN2C(=O)OCC2(Cc2ccccc2)C1. The van der Waals surface area contributed by atoms with E-state index in [1.807, 2.05) is 30.3 Å². The van der Waals surface area contributed by atoms with Gasteiger partial charge in [-0.25, -0.2) is 9.18 Å². The van der Waals surface area contributed by atoms with Gasteiger partial charge in [-0.1, -0.05) is 30.3 Å². The zero-order chi connectivity index (χ0) is 18.1. The molecule has 1 atom stereocenters. The maximum Gasteiger partial charge on any atom is 0.410 e. The van der Waals surface area contributed by atoms with Crippen LogP contribution in [0.3, 0.4) is 0 Å². The molecule has 2 saturated heterocycles. The highest BCUT2D eigenvalue weighted by Crippen LogP contribution is 2.32. The number of pyridine rings is 1. The Morgan fingerprint density at radius 1 is 1.23 bits per heavy atom. The molecule has 0 N–H and O–H groups in total. The van der Waals surface area contributed by atoms with Crippen LogP contribution in [0, 0.1) is 5.82 Å². The highest BCUT2D eigenvalue weighted by molar-refractivity contribution is 5.94. The van der Waals surface area contributed by atoms with Gasteiger partial charge >= 0.3 is 6.09 Å². The van der Waals surface area contributed by atoms with Crippen molar-refractivity contribution in [2.75, 3.05) is 26.2 Å². The number of benzene rings is 1. The third-order valence-corrected chi connectivity index (χ3v) is 4.95. The lowest BCUT2D eigenvalue weighted by molar-refractivity contribution is 0.0375. The molecule has 1 aromatic carbocycles. The van der Waals surface area contributed by atoms with Crippen LogP contribution < -0.4 is 0 Å². The molecule has 2 amide bonds. The lowest BCUT2D eigenvalue weighted by atomic mass is 9.88. The van der Waals surface area contributed by atoms with E-state index >= 15 is 0 Å². The molecule has 2 fully saturated rings. The zero-order valence-electron chi connectivity index (χ0n) is 14.1. The molecular weight excluding hydrogens is 337 g/mol. The van der Waals surface area contributed by atoms with Crippen molar-refractivity contribution in [2.24, 2.45) is 0 Å². The molecule has 0 saturated carbocycles. The van der Waals surface area contributed by atoms with Gasteiger partial charge in [-0.3, -0.25) is 14.7 Å². The number of hydrogen-bond donors (Lipinski definition) is 0. The Labute approximate surface area is 150 Å². The number of hydrogen-bond acceptors (Lipinski definition) is 4. The van der Waals surface area contributed by atoms with Crippen LogP contribution in [0.2, 0.25) is 0 Å². The third kappa shape index (κ3) is 2.89. The minimum absolute atomic E-state index is 0.207. The van der Waals surface area contributed by atoms with Crippen LogP contribution in [0.5, 0.6) is 0 Å². The van der Waals surface area contributed by atoms with Crippen LogP contribution in [0.1, 0.15) is 15.9 Å². The fourth-order valence-electron chi connectivity index (χ4n) is 3.72. The van der Waals surface area contributed by atoms with Crippen LogP contribution in [0.4, 0.5) is 9.18 Å². The van der Waals surface area contributed by atoms with E-state index in [1.165, 1.54) is 12.3 Å². The standard InChI is InChI=1S/C19H18FN3O3/c20-16-8-15(10-21-11-16)17(24)22-6-7-23-18(25)26-13-19(23,12-22)9-14-4-2-1-3-5-14/h1-5,8,10-11H,6-7,9,12-13H2. The number of ether oxygens (including phenoxy) is 1. The van der Waals surface area contributed by atoms with Gasteiger partial charge in [-0.2, -0.15) is 0 Å². The van der Waals surface area contributed by atoms with E-state index in [-0.39, 0.29) is 24.2 Å². The van der Waals surface area contributed by atoms with E-state index in [2.05, 4.69) is 4.98 Å².